The predicted octanol–water partition coefficient (Wildman–Crippen LogP) is 1.86. The third-order valence-corrected chi connectivity index (χ3v) is 8.32. The van der Waals surface area contributed by atoms with Crippen LogP contribution in [-0.4, -0.2) is 67.2 Å². The summed E-state index contributed by atoms with van der Waals surface area (Å²) in [5, 5.41) is 3.76. The van der Waals surface area contributed by atoms with E-state index < -0.39 is 15.9 Å². The number of nitrogens with one attached hydrogen (secondary N) is 1. The van der Waals surface area contributed by atoms with Gasteiger partial charge in [0.25, 0.3) is 5.91 Å². The lowest BCUT2D eigenvalue weighted by Gasteiger charge is -2.33. The van der Waals surface area contributed by atoms with Crippen LogP contribution >= 0.6 is 0 Å². The molecule has 1 fully saturated rings. The van der Waals surface area contributed by atoms with Gasteiger partial charge in [-0.05, 0) is 30.3 Å². The van der Waals surface area contributed by atoms with Gasteiger partial charge >= 0.3 is 0 Å². The molecule has 0 atom stereocenters. The highest BCUT2D eigenvalue weighted by atomic mass is 32.2. The van der Waals surface area contributed by atoms with Crippen molar-refractivity contribution in [2.45, 2.75) is 18.2 Å². The number of carbonyl (C=O) groups is 2. The highest BCUT2D eigenvalue weighted by Gasteiger charge is 2.30. The molecule has 3 aromatic rings. The van der Waals surface area contributed by atoms with Crippen molar-refractivity contribution in [3.63, 3.8) is 0 Å². The van der Waals surface area contributed by atoms with Gasteiger partial charge in [-0.25, -0.2) is 8.42 Å². The summed E-state index contributed by atoms with van der Waals surface area (Å²) in [5.74, 6) is 0.00706. The Morgan fingerprint density at radius 1 is 1.11 bits per heavy atom. The average Bonchev–Trinajstić information content (AvgIpc) is 3.33. The van der Waals surface area contributed by atoms with Gasteiger partial charge in [0.15, 0.2) is 0 Å². The number of carbonyl (C=O) groups excluding carboxylic acids is 2. The standard InChI is InChI=1S/C24H25N5O5S/c1-15(30)28-8-10-29(11-9-28)35(32,33)16-5-6-20-18(13-16)23(19(14-26-20)24(25)31)27-21-3-2-4-22-17(21)7-12-34-22/h2-6,13-14H,7-12H2,1H3,(H2,25,31)(H,26,27). The summed E-state index contributed by atoms with van der Waals surface area (Å²) in [7, 11) is -3.83. The minimum absolute atomic E-state index is 0.0775. The fraction of sp³-hybridized carbons (Fsp3) is 0.292. The van der Waals surface area contributed by atoms with Crippen LogP contribution in [0.2, 0.25) is 0 Å². The first-order valence-electron chi connectivity index (χ1n) is 11.3. The zero-order valence-corrected chi connectivity index (χ0v) is 20.0. The number of pyridine rings is 1. The number of nitrogens with two attached hydrogens (primary N) is 1. The first kappa shape index (κ1) is 23.1. The number of fused-ring (bicyclic) bond motifs is 2. The van der Waals surface area contributed by atoms with Crippen molar-refractivity contribution in [1.82, 2.24) is 14.2 Å². The Balaban J connectivity index is 1.57. The van der Waals surface area contributed by atoms with E-state index >= 15 is 0 Å². The van der Waals surface area contributed by atoms with Crippen LogP contribution in [0.25, 0.3) is 10.9 Å². The number of rotatable bonds is 5. The first-order chi connectivity index (χ1) is 16.8. The number of anilines is 2. The molecule has 1 aromatic heterocycles. The van der Waals surface area contributed by atoms with Crippen LogP contribution in [0.1, 0.15) is 22.8 Å². The van der Waals surface area contributed by atoms with Gasteiger partial charge in [0.2, 0.25) is 15.9 Å². The second-order valence-electron chi connectivity index (χ2n) is 8.51. The largest absolute Gasteiger partial charge is 0.493 e. The highest BCUT2D eigenvalue weighted by Crippen LogP contribution is 2.37. The van der Waals surface area contributed by atoms with Crippen molar-refractivity contribution in [2.75, 3.05) is 38.1 Å². The van der Waals surface area contributed by atoms with Gasteiger partial charge in [-0.15, -0.1) is 0 Å². The minimum Gasteiger partial charge on any atom is -0.493 e. The number of piperazine rings is 1. The van der Waals surface area contributed by atoms with E-state index in [4.69, 9.17) is 10.5 Å². The molecule has 0 bridgehead atoms. The van der Waals surface area contributed by atoms with E-state index in [0.717, 1.165) is 17.0 Å². The highest BCUT2D eigenvalue weighted by molar-refractivity contribution is 7.89. The molecule has 1 saturated heterocycles. The van der Waals surface area contributed by atoms with Gasteiger partial charge in [0.1, 0.15) is 5.75 Å². The molecule has 2 amide bonds. The molecule has 0 aliphatic carbocycles. The molecule has 35 heavy (non-hydrogen) atoms. The normalized spacial score (nSPS) is 16.1. The Labute approximate surface area is 202 Å². The van der Waals surface area contributed by atoms with Crippen LogP contribution in [0.5, 0.6) is 5.75 Å². The summed E-state index contributed by atoms with van der Waals surface area (Å²) in [6.07, 6.45) is 2.10. The van der Waals surface area contributed by atoms with Gasteiger partial charge in [-0.3, -0.25) is 14.6 Å². The fourth-order valence-corrected chi connectivity index (χ4v) is 5.97. The summed E-state index contributed by atoms with van der Waals surface area (Å²) in [6, 6.07) is 10.2. The smallest absolute Gasteiger partial charge is 0.252 e. The molecule has 0 radical (unpaired) electrons. The lowest BCUT2D eigenvalue weighted by atomic mass is 10.1. The Morgan fingerprint density at radius 3 is 2.60 bits per heavy atom. The van der Waals surface area contributed by atoms with Crippen molar-refractivity contribution in [1.29, 1.82) is 0 Å². The summed E-state index contributed by atoms with van der Waals surface area (Å²) in [5.41, 5.74) is 8.43. The zero-order chi connectivity index (χ0) is 24.7. The SMILES string of the molecule is CC(=O)N1CCN(S(=O)(=O)c2ccc3ncc(C(N)=O)c(Nc4cccc5c4CCO5)c3c2)CC1. The molecule has 0 saturated carbocycles. The molecular weight excluding hydrogens is 470 g/mol. The minimum atomic E-state index is -3.83. The molecule has 2 aliphatic heterocycles. The van der Waals surface area contributed by atoms with Crippen molar-refractivity contribution >= 4 is 44.1 Å². The molecule has 10 nitrogen and oxygen atoms in total. The third-order valence-electron chi connectivity index (χ3n) is 6.43. The summed E-state index contributed by atoms with van der Waals surface area (Å²) in [6.45, 7) is 3.13. The van der Waals surface area contributed by atoms with Crippen molar-refractivity contribution in [3.05, 3.63) is 53.7 Å². The predicted molar refractivity (Wildman–Crippen MR) is 130 cm³/mol. The maximum Gasteiger partial charge on any atom is 0.252 e. The maximum absolute atomic E-state index is 13.4. The summed E-state index contributed by atoms with van der Waals surface area (Å²) in [4.78, 5) is 29.9. The molecule has 11 heteroatoms. The quantitative estimate of drug-likeness (QED) is 0.552. The van der Waals surface area contributed by atoms with Crippen LogP contribution in [-0.2, 0) is 21.2 Å². The zero-order valence-electron chi connectivity index (χ0n) is 19.2. The van der Waals surface area contributed by atoms with E-state index in [2.05, 4.69) is 10.3 Å². The van der Waals surface area contributed by atoms with Gasteiger partial charge < -0.3 is 20.7 Å². The first-order valence-corrected chi connectivity index (χ1v) is 12.7. The second kappa shape index (κ2) is 8.82. The number of benzene rings is 2. The second-order valence-corrected chi connectivity index (χ2v) is 10.4. The monoisotopic (exact) mass is 495 g/mol. The molecular formula is C24H25N5O5S. The van der Waals surface area contributed by atoms with Crippen LogP contribution in [0.15, 0.2) is 47.5 Å². The molecule has 2 aromatic carbocycles. The van der Waals surface area contributed by atoms with E-state index in [1.807, 2.05) is 18.2 Å². The summed E-state index contributed by atoms with van der Waals surface area (Å²) >= 11 is 0. The Morgan fingerprint density at radius 2 is 1.89 bits per heavy atom. The number of ether oxygens (including phenoxy) is 1. The van der Waals surface area contributed by atoms with Gasteiger partial charge in [-0.1, -0.05) is 6.07 Å². The van der Waals surface area contributed by atoms with Crippen molar-refractivity contribution in [2.24, 2.45) is 5.73 Å². The Bertz CT molecular complexity index is 1450. The number of sulfonamides is 1. The van der Waals surface area contributed by atoms with E-state index in [1.54, 1.807) is 11.0 Å². The van der Waals surface area contributed by atoms with E-state index in [9.17, 15) is 18.0 Å². The molecule has 3 N–H and O–H groups in total. The van der Waals surface area contributed by atoms with Crippen LogP contribution in [0, 0.1) is 0 Å². The van der Waals surface area contributed by atoms with E-state index in [0.29, 0.717) is 42.7 Å². The number of amides is 2. The van der Waals surface area contributed by atoms with Crippen LogP contribution in [0.3, 0.4) is 0 Å². The maximum atomic E-state index is 13.4. The molecule has 182 valence electrons. The Kier molecular flexibility index (Phi) is 5.81. The van der Waals surface area contributed by atoms with Crippen LogP contribution in [0.4, 0.5) is 11.4 Å². The number of primary amides is 1. The number of aromatic nitrogens is 1. The van der Waals surface area contributed by atoms with E-state index in [-0.39, 0.29) is 29.5 Å². The molecule has 0 spiro atoms. The Hall–Kier alpha value is -3.70. The number of hydrogen-bond donors (Lipinski definition) is 2. The van der Waals surface area contributed by atoms with Crippen molar-refractivity contribution < 1.29 is 22.7 Å². The van der Waals surface area contributed by atoms with Crippen molar-refractivity contribution in [3.8, 4) is 5.75 Å². The third kappa shape index (κ3) is 4.17. The lowest BCUT2D eigenvalue weighted by molar-refractivity contribution is -0.129. The number of nitrogens with zero attached hydrogens (tertiary/aromatic N) is 3. The fourth-order valence-electron chi connectivity index (χ4n) is 4.52. The summed E-state index contributed by atoms with van der Waals surface area (Å²) < 4.78 is 33.9. The average molecular weight is 496 g/mol. The van der Waals surface area contributed by atoms with Crippen LogP contribution < -0.4 is 15.8 Å². The van der Waals surface area contributed by atoms with Gasteiger partial charge in [0.05, 0.1) is 28.3 Å². The van der Waals surface area contributed by atoms with Gasteiger partial charge in [0, 0.05) is 62.4 Å². The molecule has 2 aliphatic rings. The molecule has 5 rings (SSSR count). The van der Waals surface area contributed by atoms with E-state index in [1.165, 1.54) is 29.6 Å². The molecule has 0 unspecified atom stereocenters. The number of hydrogen-bond acceptors (Lipinski definition) is 7. The molecule has 3 heterocycles. The lowest BCUT2D eigenvalue weighted by Crippen LogP contribution is -2.49. The van der Waals surface area contributed by atoms with Gasteiger partial charge in [-0.2, -0.15) is 4.31 Å². The topological polar surface area (TPSA) is 135 Å².